The van der Waals surface area contributed by atoms with Crippen LogP contribution >= 0.6 is 0 Å². The average molecular weight is 439 g/mol. The number of pyridine rings is 1. The minimum atomic E-state index is -0.526. The molecule has 2 saturated carbocycles. The molecule has 170 valence electrons. The number of nitrogens with two attached hydrogens (primary N) is 1. The number of carbonyl (C=O) groups is 2. The zero-order valence-corrected chi connectivity index (χ0v) is 18.6. The number of halogens is 1. The van der Waals surface area contributed by atoms with Crippen molar-refractivity contribution >= 4 is 11.8 Å². The van der Waals surface area contributed by atoms with Gasteiger partial charge in [-0.05, 0) is 56.9 Å². The van der Waals surface area contributed by atoms with Crippen molar-refractivity contribution in [1.29, 1.82) is 0 Å². The molecule has 3 N–H and O–H groups in total. The molecule has 0 aliphatic heterocycles. The minimum Gasteiger partial charge on any atom is -0.349 e. The van der Waals surface area contributed by atoms with Crippen LogP contribution in [0.3, 0.4) is 0 Å². The Kier molecular flexibility index (Phi) is 6.84. The summed E-state index contributed by atoms with van der Waals surface area (Å²) in [6.07, 6.45) is 9.07. The lowest BCUT2D eigenvalue weighted by atomic mass is 9.93. The Bertz CT molecular complexity index is 982. The van der Waals surface area contributed by atoms with Crippen molar-refractivity contribution in [3.63, 3.8) is 0 Å². The second kappa shape index (κ2) is 9.77. The third kappa shape index (κ3) is 4.83. The van der Waals surface area contributed by atoms with Crippen molar-refractivity contribution in [3.8, 4) is 11.3 Å². The van der Waals surface area contributed by atoms with E-state index in [2.05, 4.69) is 10.3 Å². The lowest BCUT2D eigenvalue weighted by Crippen LogP contribution is -2.41. The largest absolute Gasteiger partial charge is 0.349 e. The summed E-state index contributed by atoms with van der Waals surface area (Å²) in [7, 11) is 0. The van der Waals surface area contributed by atoms with E-state index in [0.717, 1.165) is 38.5 Å². The Morgan fingerprint density at radius 3 is 2.47 bits per heavy atom. The van der Waals surface area contributed by atoms with E-state index in [9.17, 15) is 14.0 Å². The smallest absolute Gasteiger partial charge is 0.255 e. The number of nitrogens with zero attached hydrogens (tertiary/aromatic N) is 2. The van der Waals surface area contributed by atoms with Crippen LogP contribution in [0.25, 0.3) is 11.3 Å². The molecule has 0 atom stereocenters. The Hall–Kier alpha value is -2.80. The van der Waals surface area contributed by atoms with Crippen molar-refractivity contribution in [3.05, 3.63) is 53.0 Å². The second-order valence-electron chi connectivity index (χ2n) is 8.75. The molecule has 2 amide bonds. The average Bonchev–Trinajstić information content (AvgIpc) is 3.63. The number of amides is 2. The first kappa shape index (κ1) is 22.4. The van der Waals surface area contributed by atoms with Gasteiger partial charge in [0.1, 0.15) is 5.82 Å². The van der Waals surface area contributed by atoms with E-state index >= 15 is 0 Å². The van der Waals surface area contributed by atoms with Crippen LogP contribution in [-0.2, 0) is 6.54 Å². The van der Waals surface area contributed by atoms with Gasteiger partial charge < -0.3 is 16.0 Å². The molecule has 0 saturated heterocycles. The topological polar surface area (TPSA) is 88.3 Å². The van der Waals surface area contributed by atoms with Crippen LogP contribution in [0.1, 0.15) is 78.1 Å². The van der Waals surface area contributed by atoms with Crippen molar-refractivity contribution in [2.45, 2.75) is 70.5 Å². The van der Waals surface area contributed by atoms with Crippen molar-refractivity contribution in [2.24, 2.45) is 5.73 Å². The van der Waals surface area contributed by atoms with Gasteiger partial charge in [-0.1, -0.05) is 19.3 Å². The summed E-state index contributed by atoms with van der Waals surface area (Å²) in [6, 6.07) is 6.75. The molecule has 1 aromatic carbocycles. The molecule has 2 fully saturated rings. The maximum Gasteiger partial charge on any atom is 0.255 e. The zero-order chi connectivity index (χ0) is 22.7. The normalized spacial score (nSPS) is 16.6. The quantitative estimate of drug-likeness (QED) is 0.683. The fourth-order valence-corrected chi connectivity index (χ4v) is 4.51. The van der Waals surface area contributed by atoms with Crippen LogP contribution in [0.15, 0.2) is 30.5 Å². The van der Waals surface area contributed by atoms with Gasteiger partial charge >= 0.3 is 0 Å². The minimum absolute atomic E-state index is 0.0145. The summed E-state index contributed by atoms with van der Waals surface area (Å²) in [4.78, 5) is 31.9. The van der Waals surface area contributed by atoms with Gasteiger partial charge in [0.15, 0.2) is 0 Å². The number of carbonyl (C=O) groups excluding carboxylic acids is 2. The second-order valence-corrected chi connectivity index (χ2v) is 8.75. The molecular weight excluding hydrogens is 407 g/mol. The highest BCUT2D eigenvalue weighted by molar-refractivity contribution is 5.96. The first-order valence-corrected chi connectivity index (χ1v) is 11.6. The Morgan fingerprint density at radius 2 is 1.88 bits per heavy atom. The van der Waals surface area contributed by atoms with Gasteiger partial charge in [0.25, 0.3) is 11.8 Å². The van der Waals surface area contributed by atoms with Crippen molar-refractivity contribution < 1.29 is 14.0 Å². The van der Waals surface area contributed by atoms with Gasteiger partial charge in [0.05, 0.1) is 11.3 Å². The summed E-state index contributed by atoms with van der Waals surface area (Å²) >= 11 is 0. The standard InChI is InChI=1S/C25H31FN4O2/c1-2-30(19-6-4-3-5-7-19)25(32)16-8-11-23(28-15-16)20-12-17(13-22(26)21(20)14-27)24(31)29-18-9-10-18/h8,11-13,15,18-19H,2-7,9-10,14,27H2,1H3,(H,29,31). The Balaban J connectivity index is 1.59. The first-order chi connectivity index (χ1) is 15.5. The van der Waals surface area contributed by atoms with E-state index in [0.29, 0.717) is 28.9 Å². The van der Waals surface area contributed by atoms with Crippen molar-refractivity contribution in [2.75, 3.05) is 6.54 Å². The molecule has 0 spiro atoms. The maximum absolute atomic E-state index is 14.7. The van der Waals surface area contributed by atoms with Crippen LogP contribution in [0.5, 0.6) is 0 Å². The molecule has 0 bridgehead atoms. The van der Waals surface area contributed by atoms with Crippen LogP contribution < -0.4 is 11.1 Å². The van der Waals surface area contributed by atoms with E-state index in [1.54, 1.807) is 18.2 Å². The third-order valence-corrected chi connectivity index (χ3v) is 6.48. The molecule has 2 aliphatic rings. The monoisotopic (exact) mass is 438 g/mol. The molecule has 32 heavy (non-hydrogen) atoms. The molecule has 1 heterocycles. The highest BCUT2D eigenvalue weighted by Gasteiger charge is 2.26. The molecule has 7 heteroatoms. The number of benzene rings is 1. The molecule has 0 unspecified atom stereocenters. The van der Waals surface area contributed by atoms with Crippen molar-refractivity contribution in [1.82, 2.24) is 15.2 Å². The number of nitrogens with one attached hydrogen (secondary N) is 1. The number of rotatable bonds is 7. The van der Waals surface area contributed by atoms with Gasteiger partial charge in [-0.3, -0.25) is 14.6 Å². The third-order valence-electron chi connectivity index (χ3n) is 6.48. The number of hydrogen-bond acceptors (Lipinski definition) is 4. The van der Waals surface area contributed by atoms with Gasteiger partial charge in [-0.2, -0.15) is 0 Å². The fraction of sp³-hybridized carbons (Fsp3) is 0.480. The van der Waals surface area contributed by atoms with Gasteiger partial charge in [0, 0.05) is 48.1 Å². The first-order valence-electron chi connectivity index (χ1n) is 11.6. The maximum atomic E-state index is 14.7. The highest BCUT2D eigenvalue weighted by Crippen LogP contribution is 2.28. The predicted octanol–water partition coefficient (Wildman–Crippen LogP) is 4.03. The van der Waals surface area contributed by atoms with Crippen LogP contribution in [0.2, 0.25) is 0 Å². The summed E-state index contributed by atoms with van der Waals surface area (Å²) in [5.74, 6) is -0.849. The lowest BCUT2D eigenvalue weighted by molar-refractivity contribution is 0.0647. The Labute approximate surface area is 188 Å². The number of hydrogen-bond donors (Lipinski definition) is 2. The summed E-state index contributed by atoms with van der Waals surface area (Å²) in [6.45, 7) is 2.65. The van der Waals surface area contributed by atoms with Crippen LogP contribution in [0, 0.1) is 5.82 Å². The van der Waals surface area contributed by atoms with Crippen LogP contribution in [0.4, 0.5) is 4.39 Å². The zero-order valence-electron chi connectivity index (χ0n) is 18.6. The molecule has 6 nitrogen and oxygen atoms in total. The summed E-state index contributed by atoms with van der Waals surface area (Å²) < 4.78 is 14.7. The van der Waals surface area contributed by atoms with Crippen LogP contribution in [-0.4, -0.2) is 40.3 Å². The molecule has 2 aliphatic carbocycles. The van der Waals surface area contributed by atoms with E-state index < -0.39 is 5.82 Å². The SMILES string of the molecule is CCN(C(=O)c1ccc(-c2cc(C(=O)NC3CC3)cc(F)c2CN)nc1)C1CCCCC1. The van der Waals surface area contributed by atoms with Gasteiger partial charge in [-0.15, -0.1) is 0 Å². The van der Waals surface area contributed by atoms with E-state index in [-0.39, 0.29) is 36.0 Å². The van der Waals surface area contributed by atoms with E-state index in [4.69, 9.17) is 5.73 Å². The van der Waals surface area contributed by atoms with Gasteiger partial charge in [-0.25, -0.2) is 4.39 Å². The molecule has 2 aromatic rings. The number of aromatic nitrogens is 1. The Morgan fingerprint density at radius 1 is 1.12 bits per heavy atom. The molecule has 0 radical (unpaired) electrons. The fourth-order valence-electron chi connectivity index (χ4n) is 4.51. The van der Waals surface area contributed by atoms with E-state index in [1.807, 2.05) is 11.8 Å². The van der Waals surface area contributed by atoms with E-state index in [1.165, 1.54) is 18.7 Å². The predicted molar refractivity (Wildman–Crippen MR) is 122 cm³/mol. The summed E-state index contributed by atoms with van der Waals surface area (Å²) in [5.41, 5.74) is 7.83. The van der Waals surface area contributed by atoms with Gasteiger partial charge in [0.2, 0.25) is 0 Å². The molecule has 1 aromatic heterocycles. The summed E-state index contributed by atoms with van der Waals surface area (Å²) in [5, 5.41) is 2.88. The molecular formula is C25H31FN4O2. The molecule has 4 rings (SSSR count). The lowest BCUT2D eigenvalue weighted by Gasteiger charge is -2.33. The highest BCUT2D eigenvalue weighted by atomic mass is 19.1.